The number of amides is 1. The van der Waals surface area contributed by atoms with Crippen LogP contribution in [0.3, 0.4) is 0 Å². The van der Waals surface area contributed by atoms with Crippen molar-refractivity contribution in [1.29, 1.82) is 0 Å². The van der Waals surface area contributed by atoms with E-state index in [0.29, 0.717) is 16.3 Å². The first kappa shape index (κ1) is 16.3. The Balaban J connectivity index is 2.90. The Hall–Kier alpha value is -1.75. The third-order valence-electron chi connectivity index (χ3n) is 3.23. The molecule has 0 aromatic heterocycles. The first-order valence-electron chi connectivity index (χ1n) is 6.19. The van der Waals surface area contributed by atoms with Crippen molar-refractivity contribution in [3.05, 3.63) is 28.8 Å². The molecule has 0 heterocycles. The van der Waals surface area contributed by atoms with Crippen LogP contribution in [0.4, 0.5) is 0 Å². The van der Waals surface area contributed by atoms with Crippen LogP contribution in [0.2, 0.25) is 5.02 Å². The maximum absolute atomic E-state index is 12.0. The second-order valence-corrected chi connectivity index (χ2v) is 5.04. The number of nitrogens with one attached hydrogen (secondary N) is 1. The van der Waals surface area contributed by atoms with E-state index in [2.05, 4.69) is 5.32 Å². The average Bonchev–Trinajstić information content (AvgIpc) is 2.40. The van der Waals surface area contributed by atoms with Crippen molar-refractivity contribution >= 4 is 23.5 Å². The molecule has 0 saturated carbocycles. The maximum atomic E-state index is 12.0. The first-order chi connectivity index (χ1) is 9.34. The van der Waals surface area contributed by atoms with Gasteiger partial charge < -0.3 is 15.2 Å². The Bertz CT molecular complexity index is 518. The lowest BCUT2D eigenvalue weighted by molar-refractivity contribution is -0.146. The van der Waals surface area contributed by atoms with Crippen molar-refractivity contribution in [2.75, 3.05) is 7.11 Å². The Kier molecular flexibility index (Phi) is 5.39. The standard InChI is InChI=1S/C14H18ClNO4/c1-4-14(2,13(18)19)16-12(17)8-9-10(15)6-5-7-11(9)20-3/h5-7H,4,8H2,1-3H3,(H,16,17)(H,18,19). The Morgan fingerprint density at radius 1 is 1.45 bits per heavy atom. The van der Waals surface area contributed by atoms with Gasteiger partial charge in [-0.2, -0.15) is 0 Å². The summed E-state index contributed by atoms with van der Waals surface area (Å²) in [7, 11) is 1.49. The van der Waals surface area contributed by atoms with Crippen LogP contribution >= 0.6 is 11.6 Å². The van der Waals surface area contributed by atoms with E-state index in [4.69, 9.17) is 21.4 Å². The number of ether oxygens (including phenoxy) is 1. The molecule has 5 nitrogen and oxygen atoms in total. The summed E-state index contributed by atoms with van der Waals surface area (Å²) in [6.45, 7) is 3.17. The minimum atomic E-state index is -1.29. The summed E-state index contributed by atoms with van der Waals surface area (Å²) in [6, 6.07) is 5.07. The Morgan fingerprint density at radius 2 is 2.10 bits per heavy atom. The second kappa shape index (κ2) is 6.61. The zero-order valence-corrected chi connectivity index (χ0v) is 12.5. The third-order valence-corrected chi connectivity index (χ3v) is 3.58. The first-order valence-corrected chi connectivity index (χ1v) is 6.57. The number of carbonyl (C=O) groups excluding carboxylic acids is 1. The third kappa shape index (κ3) is 3.63. The predicted molar refractivity (Wildman–Crippen MR) is 76.2 cm³/mol. The van der Waals surface area contributed by atoms with Gasteiger partial charge in [-0.15, -0.1) is 0 Å². The summed E-state index contributed by atoms with van der Waals surface area (Å²) in [4.78, 5) is 23.2. The van der Waals surface area contributed by atoms with Gasteiger partial charge in [0.25, 0.3) is 0 Å². The molecule has 0 saturated heterocycles. The monoisotopic (exact) mass is 299 g/mol. The molecule has 1 aromatic carbocycles. The number of rotatable bonds is 6. The van der Waals surface area contributed by atoms with Gasteiger partial charge in [0.1, 0.15) is 11.3 Å². The molecule has 1 atom stereocenters. The van der Waals surface area contributed by atoms with Crippen LogP contribution in [0.5, 0.6) is 5.75 Å². The van der Waals surface area contributed by atoms with Gasteiger partial charge in [0.2, 0.25) is 5.91 Å². The number of methoxy groups -OCH3 is 1. The van der Waals surface area contributed by atoms with E-state index in [1.54, 1.807) is 25.1 Å². The largest absolute Gasteiger partial charge is 0.496 e. The molecule has 0 bridgehead atoms. The molecule has 0 fully saturated rings. The number of carboxylic acids is 1. The minimum Gasteiger partial charge on any atom is -0.496 e. The zero-order chi connectivity index (χ0) is 15.3. The highest BCUT2D eigenvalue weighted by Gasteiger charge is 2.32. The SMILES string of the molecule is CCC(C)(NC(=O)Cc1c(Cl)cccc1OC)C(=O)O. The van der Waals surface area contributed by atoms with Gasteiger partial charge in [0.15, 0.2) is 0 Å². The fourth-order valence-electron chi connectivity index (χ4n) is 1.71. The van der Waals surface area contributed by atoms with E-state index in [1.807, 2.05) is 0 Å². The number of aliphatic carboxylic acids is 1. The van der Waals surface area contributed by atoms with Crippen LogP contribution in [0.25, 0.3) is 0 Å². The van der Waals surface area contributed by atoms with E-state index < -0.39 is 17.4 Å². The number of carboxylic acid groups (broad SMARTS) is 1. The van der Waals surface area contributed by atoms with Gasteiger partial charge in [-0.1, -0.05) is 24.6 Å². The van der Waals surface area contributed by atoms with Crippen LogP contribution in [0.15, 0.2) is 18.2 Å². The van der Waals surface area contributed by atoms with Gasteiger partial charge in [0, 0.05) is 10.6 Å². The van der Waals surface area contributed by atoms with Gasteiger partial charge in [-0.05, 0) is 25.5 Å². The molecule has 1 rings (SSSR count). The topological polar surface area (TPSA) is 75.6 Å². The molecule has 2 N–H and O–H groups in total. The molecule has 0 aliphatic rings. The number of halogens is 1. The highest BCUT2D eigenvalue weighted by Crippen LogP contribution is 2.26. The van der Waals surface area contributed by atoms with Crippen molar-refractivity contribution in [3.8, 4) is 5.75 Å². The number of carbonyl (C=O) groups is 2. The molecule has 1 unspecified atom stereocenters. The number of hydrogen-bond acceptors (Lipinski definition) is 3. The maximum Gasteiger partial charge on any atom is 0.329 e. The highest BCUT2D eigenvalue weighted by molar-refractivity contribution is 6.31. The lowest BCUT2D eigenvalue weighted by atomic mass is 9.98. The van der Waals surface area contributed by atoms with E-state index in [-0.39, 0.29) is 12.8 Å². The van der Waals surface area contributed by atoms with E-state index >= 15 is 0 Å². The fraction of sp³-hybridized carbons (Fsp3) is 0.429. The molecule has 1 aromatic rings. The lowest BCUT2D eigenvalue weighted by Crippen LogP contribution is -2.52. The van der Waals surface area contributed by atoms with Gasteiger partial charge >= 0.3 is 5.97 Å². The summed E-state index contributed by atoms with van der Waals surface area (Å²) >= 11 is 6.04. The van der Waals surface area contributed by atoms with Gasteiger partial charge in [-0.3, -0.25) is 4.79 Å². The molecule has 0 aliphatic heterocycles. The molecular weight excluding hydrogens is 282 g/mol. The van der Waals surface area contributed by atoms with Crippen LogP contribution in [0.1, 0.15) is 25.8 Å². The van der Waals surface area contributed by atoms with E-state index in [9.17, 15) is 9.59 Å². The zero-order valence-electron chi connectivity index (χ0n) is 11.7. The van der Waals surface area contributed by atoms with Gasteiger partial charge in [-0.25, -0.2) is 4.79 Å². The van der Waals surface area contributed by atoms with Gasteiger partial charge in [0.05, 0.1) is 13.5 Å². The molecule has 0 radical (unpaired) electrons. The summed E-state index contributed by atoms with van der Waals surface area (Å²) in [5.74, 6) is -0.983. The molecule has 0 aliphatic carbocycles. The number of benzene rings is 1. The molecule has 110 valence electrons. The number of hydrogen-bond donors (Lipinski definition) is 2. The van der Waals surface area contributed by atoms with Crippen molar-refractivity contribution in [1.82, 2.24) is 5.32 Å². The second-order valence-electron chi connectivity index (χ2n) is 4.64. The normalized spacial score (nSPS) is 13.4. The minimum absolute atomic E-state index is 0.0360. The van der Waals surface area contributed by atoms with Crippen molar-refractivity contribution in [2.45, 2.75) is 32.2 Å². The quantitative estimate of drug-likeness (QED) is 0.845. The Labute approximate surface area is 122 Å². The van der Waals surface area contributed by atoms with Crippen LogP contribution in [0, 0.1) is 0 Å². The molecule has 6 heteroatoms. The van der Waals surface area contributed by atoms with E-state index in [1.165, 1.54) is 14.0 Å². The van der Waals surface area contributed by atoms with Crippen LogP contribution in [-0.4, -0.2) is 29.6 Å². The molecular formula is C14H18ClNO4. The predicted octanol–water partition coefficient (Wildman–Crippen LogP) is 2.26. The molecule has 0 spiro atoms. The lowest BCUT2D eigenvalue weighted by Gasteiger charge is -2.24. The van der Waals surface area contributed by atoms with Crippen molar-refractivity contribution < 1.29 is 19.4 Å². The Morgan fingerprint density at radius 3 is 2.60 bits per heavy atom. The molecule has 1 amide bonds. The highest BCUT2D eigenvalue weighted by atomic mass is 35.5. The summed E-state index contributed by atoms with van der Waals surface area (Å²) < 4.78 is 5.15. The van der Waals surface area contributed by atoms with Crippen molar-refractivity contribution in [3.63, 3.8) is 0 Å². The molecule has 20 heavy (non-hydrogen) atoms. The summed E-state index contributed by atoms with van der Waals surface area (Å²) in [5, 5.41) is 12.1. The van der Waals surface area contributed by atoms with Crippen molar-refractivity contribution in [2.24, 2.45) is 0 Å². The van der Waals surface area contributed by atoms with Crippen LogP contribution < -0.4 is 10.1 Å². The summed E-state index contributed by atoms with van der Waals surface area (Å²) in [6.07, 6.45) is 0.249. The average molecular weight is 300 g/mol. The summed E-state index contributed by atoms with van der Waals surface area (Å²) in [5.41, 5.74) is -0.746. The van der Waals surface area contributed by atoms with Crippen LogP contribution in [-0.2, 0) is 16.0 Å². The van der Waals surface area contributed by atoms with E-state index in [0.717, 1.165) is 0 Å². The fourth-order valence-corrected chi connectivity index (χ4v) is 1.94. The smallest absolute Gasteiger partial charge is 0.329 e.